The lowest BCUT2D eigenvalue weighted by Crippen LogP contribution is -2.68. The van der Waals surface area contributed by atoms with Crippen LogP contribution >= 0.6 is 0 Å². The standard InChI is InChI=1S/C32H38O4Si/c1-25-20-32(30(29(25)22-35-32)34-24-33-21-26-14-8-5-9-15-26)23-36-37(31(2,3)4,27-16-10-6-11-17-27)28-18-12-7-13-19-28/h5-20,29-30H,21-24H2,1-4H3. The molecule has 37 heavy (non-hydrogen) atoms. The van der Waals surface area contributed by atoms with Crippen molar-refractivity contribution in [2.75, 3.05) is 20.0 Å². The molecule has 0 saturated carbocycles. The van der Waals surface area contributed by atoms with E-state index in [0.29, 0.717) is 19.8 Å². The molecule has 4 nitrogen and oxygen atoms in total. The molecule has 3 unspecified atom stereocenters. The van der Waals surface area contributed by atoms with Gasteiger partial charge in [0.1, 0.15) is 18.5 Å². The van der Waals surface area contributed by atoms with E-state index < -0.39 is 13.9 Å². The van der Waals surface area contributed by atoms with Gasteiger partial charge in [0.2, 0.25) is 0 Å². The molecule has 0 amide bonds. The average molecular weight is 515 g/mol. The quantitative estimate of drug-likeness (QED) is 0.156. The van der Waals surface area contributed by atoms with Gasteiger partial charge in [-0.05, 0) is 34.0 Å². The minimum atomic E-state index is -2.69. The normalized spacial score (nSPS) is 23.3. The second-order valence-electron chi connectivity index (χ2n) is 11.3. The van der Waals surface area contributed by atoms with Crippen molar-refractivity contribution >= 4 is 18.7 Å². The third-order valence-electron chi connectivity index (χ3n) is 7.81. The van der Waals surface area contributed by atoms with Crippen molar-refractivity contribution in [2.24, 2.45) is 5.92 Å². The van der Waals surface area contributed by atoms with Crippen LogP contribution in [-0.2, 0) is 25.2 Å². The Kier molecular flexibility index (Phi) is 7.53. The first kappa shape index (κ1) is 26.1. The molecule has 2 aliphatic rings. The van der Waals surface area contributed by atoms with Gasteiger partial charge in [0.25, 0.3) is 8.32 Å². The molecule has 0 aromatic heterocycles. The van der Waals surface area contributed by atoms with Gasteiger partial charge in [-0.15, -0.1) is 0 Å². The zero-order valence-corrected chi connectivity index (χ0v) is 23.4. The number of benzene rings is 3. The predicted octanol–water partition coefficient (Wildman–Crippen LogP) is 5.47. The summed E-state index contributed by atoms with van der Waals surface area (Å²) in [5.74, 6) is 0.225. The largest absolute Gasteiger partial charge is 0.404 e. The highest BCUT2D eigenvalue weighted by atomic mass is 28.4. The van der Waals surface area contributed by atoms with E-state index in [4.69, 9.17) is 18.6 Å². The molecule has 1 heterocycles. The van der Waals surface area contributed by atoms with Gasteiger partial charge in [-0.25, -0.2) is 0 Å². The van der Waals surface area contributed by atoms with Crippen molar-refractivity contribution in [1.29, 1.82) is 0 Å². The highest BCUT2D eigenvalue weighted by Gasteiger charge is 2.58. The number of ether oxygens (including phenoxy) is 3. The molecular weight excluding hydrogens is 476 g/mol. The van der Waals surface area contributed by atoms with Gasteiger partial charge >= 0.3 is 0 Å². The Morgan fingerprint density at radius 2 is 1.43 bits per heavy atom. The van der Waals surface area contributed by atoms with Crippen LogP contribution in [0.4, 0.5) is 0 Å². The van der Waals surface area contributed by atoms with E-state index in [2.05, 4.69) is 107 Å². The summed E-state index contributed by atoms with van der Waals surface area (Å²) >= 11 is 0. The molecule has 1 aliphatic heterocycles. The molecular formula is C32H38O4Si. The lowest BCUT2D eigenvalue weighted by Gasteiger charge is -2.45. The third-order valence-corrected chi connectivity index (χ3v) is 12.8. The molecule has 194 valence electrons. The van der Waals surface area contributed by atoms with Crippen LogP contribution in [0.1, 0.15) is 33.3 Å². The number of hydrogen-bond donors (Lipinski definition) is 0. The summed E-state index contributed by atoms with van der Waals surface area (Å²) in [6.45, 7) is 10.9. The molecule has 3 aromatic carbocycles. The average Bonchev–Trinajstić information content (AvgIpc) is 3.38. The van der Waals surface area contributed by atoms with E-state index in [1.807, 2.05) is 18.2 Å². The maximum Gasteiger partial charge on any atom is 0.261 e. The Morgan fingerprint density at radius 1 is 0.865 bits per heavy atom. The number of hydrogen-bond acceptors (Lipinski definition) is 4. The first-order chi connectivity index (χ1) is 17.9. The summed E-state index contributed by atoms with van der Waals surface area (Å²) in [6, 6.07) is 31.7. The zero-order valence-electron chi connectivity index (χ0n) is 22.4. The van der Waals surface area contributed by atoms with Gasteiger partial charge in [0, 0.05) is 5.92 Å². The lowest BCUT2D eigenvalue weighted by molar-refractivity contribution is -0.140. The van der Waals surface area contributed by atoms with Crippen molar-refractivity contribution in [3.8, 4) is 0 Å². The van der Waals surface area contributed by atoms with Crippen LogP contribution in [0.2, 0.25) is 5.04 Å². The molecule has 0 spiro atoms. The van der Waals surface area contributed by atoms with Gasteiger partial charge < -0.3 is 18.6 Å². The first-order valence-electron chi connectivity index (χ1n) is 13.2. The highest BCUT2D eigenvalue weighted by molar-refractivity contribution is 6.99. The Morgan fingerprint density at radius 3 is 1.97 bits per heavy atom. The summed E-state index contributed by atoms with van der Waals surface area (Å²) in [5.41, 5.74) is 1.83. The van der Waals surface area contributed by atoms with E-state index in [9.17, 15) is 0 Å². The van der Waals surface area contributed by atoms with Crippen molar-refractivity contribution in [3.05, 3.63) is 108 Å². The van der Waals surface area contributed by atoms with Gasteiger partial charge in [-0.2, -0.15) is 0 Å². The molecule has 1 fully saturated rings. The summed E-state index contributed by atoms with van der Waals surface area (Å²) < 4.78 is 26.0. The van der Waals surface area contributed by atoms with Crippen LogP contribution in [-0.4, -0.2) is 40.0 Å². The molecule has 1 saturated heterocycles. The minimum absolute atomic E-state index is 0.100. The highest BCUT2D eigenvalue weighted by Crippen LogP contribution is 2.47. The van der Waals surface area contributed by atoms with Crippen LogP contribution in [0.3, 0.4) is 0 Å². The van der Waals surface area contributed by atoms with E-state index in [0.717, 1.165) is 5.56 Å². The number of fused-ring (bicyclic) bond motifs is 2. The van der Waals surface area contributed by atoms with Crippen LogP contribution in [0.5, 0.6) is 0 Å². The second kappa shape index (κ2) is 10.7. The van der Waals surface area contributed by atoms with Crippen molar-refractivity contribution in [1.82, 2.24) is 0 Å². The summed E-state index contributed by atoms with van der Waals surface area (Å²) in [4.78, 5) is 0. The van der Waals surface area contributed by atoms with Crippen LogP contribution in [0.15, 0.2) is 103 Å². The fourth-order valence-electron chi connectivity index (χ4n) is 6.00. The van der Waals surface area contributed by atoms with Gasteiger partial charge in [-0.1, -0.05) is 117 Å². The predicted molar refractivity (Wildman–Crippen MR) is 150 cm³/mol. The molecule has 2 bridgehead atoms. The molecule has 3 atom stereocenters. The number of rotatable bonds is 10. The Hall–Kier alpha value is -2.54. The van der Waals surface area contributed by atoms with Crippen molar-refractivity contribution in [2.45, 2.75) is 51.0 Å². The van der Waals surface area contributed by atoms with Gasteiger partial charge in [0.05, 0.1) is 19.8 Å². The summed E-state index contributed by atoms with van der Waals surface area (Å²) in [7, 11) is -2.69. The van der Waals surface area contributed by atoms with E-state index in [-0.39, 0.29) is 23.9 Å². The van der Waals surface area contributed by atoms with Crippen LogP contribution in [0.25, 0.3) is 0 Å². The fourth-order valence-corrected chi connectivity index (χ4v) is 10.6. The topological polar surface area (TPSA) is 36.9 Å². The monoisotopic (exact) mass is 514 g/mol. The molecule has 1 aliphatic carbocycles. The van der Waals surface area contributed by atoms with E-state index in [1.54, 1.807) is 0 Å². The minimum Gasteiger partial charge on any atom is -0.404 e. The lowest BCUT2D eigenvalue weighted by atomic mass is 9.98. The zero-order chi connectivity index (χ0) is 25.9. The maximum absolute atomic E-state index is 7.27. The molecule has 0 N–H and O–H groups in total. The molecule has 5 rings (SSSR count). The van der Waals surface area contributed by atoms with Crippen LogP contribution < -0.4 is 10.4 Å². The Labute approximate surface area is 222 Å². The third kappa shape index (κ3) is 4.99. The summed E-state index contributed by atoms with van der Waals surface area (Å²) in [6.07, 6.45) is 2.11. The Bertz CT molecular complexity index is 1150. The summed E-state index contributed by atoms with van der Waals surface area (Å²) in [5, 5.41) is 2.43. The van der Waals surface area contributed by atoms with E-state index in [1.165, 1.54) is 15.9 Å². The Balaban J connectivity index is 1.39. The second-order valence-corrected chi connectivity index (χ2v) is 15.6. The smallest absolute Gasteiger partial charge is 0.261 e. The SMILES string of the molecule is CC1=CC2(CO[Si](c3ccccc3)(c3ccccc3)C(C)(C)C)OCC1C2OCOCc1ccccc1. The van der Waals surface area contributed by atoms with Gasteiger partial charge in [0.15, 0.2) is 0 Å². The van der Waals surface area contributed by atoms with Crippen molar-refractivity contribution < 1.29 is 18.6 Å². The van der Waals surface area contributed by atoms with E-state index >= 15 is 0 Å². The van der Waals surface area contributed by atoms with Crippen molar-refractivity contribution in [3.63, 3.8) is 0 Å². The first-order valence-corrected chi connectivity index (χ1v) is 15.1. The molecule has 0 radical (unpaired) electrons. The fraction of sp³-hybridized carbons (Fsp3) is 0.375. The van der Waals surface area contributed by atoms with Crippen LogP contribution in [0, 0.1) is 5.92 Å². The maximum atomic E-state index is 7.27. The van der Waals surface area contributed by atoms with Gasteiger partial charge in [-0.3, -0.25) is 0 Å². The molecule has 5 heteroatoms. The molecule has 3 aromatic rings.